The van der Waals surface area contributed by atoms with Crippen LogP contribution in [0.3, 0.4) is 0 Å². The summed E-state index contributed by atoms with van der Waals surface area (Å²) < 4.78 is 4.83. The molecule has 0 spiro atoms. The second-order valence-corrected chi connectivity index (χ2v) is 3.39. The Morgan fingerprint density at radius 2 is 2.60 bits per heavy atom. The molecular weight excluding hydrogens is 196 g/mol. The third kappa shape index (κ3) is 1.66. The molecular formula is C10H12N2O3. The predicted molar refractivity (Wildman–Crippen MR) is 52.9 cm³/mol. The Labute approximate surface area is 87.4 Å². The van der Waals surface area contributed by atoms with E-state index in [2.05, 4.69) is 11.9 Å². The van der Waals surface area contributed by atoms with Crippen LogP contribution >= 0.6 is 0 Å². The van der Waals surface area contributed by atoms with Crippen molar-refractivity contribution in [3.63, 3.8) is 0 Å². The maximum Gasteiger partial charge on any atom is 0.421 e. The van der Waals surface area contributed by atoms with Crippen LogP contribution in [0, 0.1) is 0 Å². The first kappa shape index (κ1) is 9.92. The van der Waals surface area contributed by atoms with Crippen LogP contribution < -0.4 is 5.32 Å². The minimum atomic E-state index is -0.614. The first-order chi connectivity index (χ1) is 7.24. The van der Waals surface area contributed by atoms with Gasteiger partial charge in [0.15, 0.2) is 0 Å². The van der Waals surface area contributed by atoms with E-state index in [1.165, 1.54) is 6.08 Å². The largest absolute Gasteiger partial charge is 0.445 e. The zero-order valence-electron chi connectivity index (χ0n) is 8.23. The van der Waals surface area contributed by atoms with Crippen LogP contribution in [-0.2, 0) is 9.53 Å². The first-order valence-electron chi connectivity index (χ1n) is 4.78. The molecule has 15 heavy (non-hydrogen) atoms. The van der Waals surface area contributed by atoms with Crippen LogP contribution in [0.1, 0.15) is 6.42 Å². The summed E-state index contributed by atoms with van der Waals surface area (Å²) in [6.07, 6.45) is 3.02. The smallest absolute Gasteiger partial charge is 0.421 e. The molecule has 0 radical (unpaired) electrons. The fourth-order valence-corrected chi connectivity index (χ4v) is 1.79. The lowest BCUT2D eigenvalue weighted by atomic mass is 10.2. The molecule has 80 valence electrons. The van der Waals surface area contributed by atoms with Gasteiger partial charge in [-0.15, -0.1) is 0 Å². The second kappa shape index (κ2) is 3.86. The molecule has 1 atom stereocenters. The third-order valence-corrected chi connectivity index (χ3v) is 2.43. The molecule has 2 aliphatic heterocycles. The zero-order chi connectivity index (χ0) is 10.8. The normalized spacial score (nSPS) is 23.7. The number of amides is 2. The molecule has 5 heteroatoms. The van der Waals surface area contributed by atoms with Crippen molar-refractivity contribution in [3.8, 4) is 0 Å². The number of carbonyl (C=O) groups is 2. The van der Waals surface area contributed by atoms with Gasteiger partial charge in [0.05, 0.1) is 6.04 Å². The van der Waals surface area contributed by atoms with Gasteiger partial charge in [-0.3, -0.25) is 4.79 Å². The number of rotatable bonds is 2. The molecule has 1 N–H and O–H groups in total. The third-order valence-electron chi connectivity index (χ3n) is 2.43. The molecule has 2 amide bonds. The monoisotopic (exact) mass is 208 g/mol. The molecule has 2 rings (SSSR count). The van der Waals surface area contributed by atoms with E-state index in [1.807, 2.05) is 6.08 Å². The molecule has 0 bridgehead atoms. The van der Waals surface area contributed by atoms with Crippen LogP contribution in [0.5, 0.6) is 0 Å². The van der Waals surface area contributed by atoms with Crippen molar-refractivity contribution in [1.29, 1.82) is 0 Å². The van der Waals surface area contributed by atoms with Crippen LogP contribution in [-0.4, -0.2) is 36.1 Å². The molecule has 5 nitrogen and oxygen atoms in total. The lowest BCUT2D eigenvalue weighted by molar-refractivity contribution is -0.125. The summed E-state index contributed by atoms with van der Waals surface area (Å²) in [6, 6.07) is -0.0196. The fourth-order valence-electron chi connectivity index (χ4n) is 1.79. The number of carbonyl (C=O) groups excluding carboxylic acids is 2. The van der Waals surface area contributed by atoms with Crippen LogP contribution in [0.2, 0.25) is 0 Å². The quantitative estimate of drug-likeness (QED) is 0.667. The van der Waals surface area contributed by atoms with Crippen LogP contribution in [0.15, 0.2) is 24.4 Å². The maximum atomic E-state index is 11.5. The van der Waals surface area contributed by atoms with Gasteiger partial charge in [0, 0.05) is 18.7 Å². The van der Waals surface area contributed by atoms with Crippen molar-refractivity contribution >= 4 is 12.0 Å². The minimum absolute atomic E-state index is 0.0196. The Morgan fingerprint density at radius 1 is 1.80 bits per heavy atom. The number of fused-ring (bicyclic) bond motifs is 1. The highest BCUT2D eigenvalue weighted by molar-refractivity contribution is 5.97. The van der Waals surface area contributed by atoms with Crippen molar-refractivity contribution in [3.05, 3.63) is 24.4 Å². The number of nitrogens with zero attached hydrogens (tertiary/aromatic N) is 1. The number of hydrogen-bond donors (Lipinski definition) is 1. The molecule has 1 fully saturated rings. The van der Waals surface area contributed by atoms with E-state index in [4.69, 9.17) is 4.74 Å². The summed E-state index contributed by atoms with van der Waals surface area (Å²) in [5, 5.41) is 3.11. The van der Waals surface area contributed by atoms with Gasteiger partial charge in [-0.25, -0.2) is 9.69 Å². The van der Waals surface area contributed by atoms with Gasteiger partial charge in [0.1, 0.15) is 6.61 Å². The first-order valence-corrected chi connectivity index (χ1v) is 4.78. The SMILES string of the molecule is C=CCOC(=O)N1C(=O)CC2NCC=C21. The Bertz CT molecular complexity index is 349. The molecule has 2 heterocycles. The summed E-state index contributed by atoms with van der Waals surface area (Å²) in [5.74, 6) is -0.215. The predicted octanol–water partition coefficient (Wildman–Crippen LogP) is 0.397. The molecule has 2 aliphatic rings. The van der Waals surface area contributed by atoms with Crippen molar-refractivity contribution in [1.82, 2.24) is 10.2 Å². The molecule has 0 aromatic carbocycles. The molecule has 0 aromatic rings. The van der Waals surface area contributed by atoms with Gasteiger partial charge in [-0.1, -0.05) is 12.7 Å². The number of ether oxygens (including phenoxy) is 1. The average Bonchev–Trinajstić information content (AvgIpc) is 2.73. The fraction of sp³-hybridized carbons (Fsp3) is 0.400. The average molecular weight is 208 g/mol. The summed E-state index contributed by atoms with van der Waals surface area (Å²) in [5.41, 5.74) is 0.717. The molecule has 1 saturated heterocycles. The Balaban J connectivity index is 2.10. The van der Waals surface area contributed by atoms with E-state index in [1.54, 1.807) is 0 Å². The highest BCUT2D eigenvalue weighted by Crippen LogP contribution is 2.26. The minimum Gasteiger partial charge on any atom is -0.445 e. The highest BCUT2D eigenvalue weighted by atomic mass is 16.6. The Kier molecular flexibility index (Phi) is 2.55. The van der Waals surface area contributed by atoms with Crippen LogP contribution in [0.25, 0.3) is 0 Å². The van der Waals surface area contributed by atoms with E-state index in [-0.39, 0.29) is 18.6 Å². The van der Waals surface area contributed by atoms with E-state index >= 15 is 0 Å². The Hall–Kier alpha value is -1.62. The molecule has 1 unspecified atom stereocenters. The number of hydrogen-bond acceptors (Lipinski definition) is 4. The van der Waals surface area contributed by atoms with Gasteiger partial charge in [0.2, 0.25) is 5.91 Å². The van der Waals surface area contributed by atoms with Gasteiger partial charge in [-0.2, -0.15) is 0 Å². The van der Waals surface area contributed by atoms with Gasteiger partial charge >= 0.3 is 6.09 Å². The summed E-state index contributed by atoms with van der Waals surface area (Å²) in [6.45, 7) is 4.25. The second-order valence-electron chi connectivity index (χ2n) is 3.39. The molecule has 0 aliphatic carbocycles. The van der Waals surface area contributed by atoms with Crippen molar-refractivity contribution in [2.45, 2.75) is 12.5 Å². The highest BCUT2D eigenvalue weighted by Gasteiger charge is 2.41. The lowest BCUT2D eigenvalue weighted by Gasteiger charge is -2.14. The van der Waals surface area contributed by atoms with Gasteiger partial charge in [0.25, 0.3) is 0 Å². The van der Waals surface area contributed by atoms with Crippen molar-refractivity contribution < 1.29 is 14.3 Å². The van der Waals surface area contributed by atoms with E-state index in [9.17, 15) is 9.59 Å². The lowest BCUT2D eigenvalue weighted by Crippen LogP contribution is -2.31. The number of nitrogens with one attached hydrogen (secondary N) is 1. The van der Waals surface area contributed by atoms with E-state index in [0.717, 1.165) is 4.90 Å². The molecule has 0 aromatic heterocycles. The van der Waals surface area contributed by atoms with Gasteiger partial charge < -0.3 is 10.1 Å². The topological polar surface area (TPSA) is 58.6 Å². The zero-order valence-corrected chi connectivity index (χ0v) is 8.23. The van der Waals surface area contributed by atoms with Crippen molar-refractivity contribution in [2.24, 2.45) is 0 Å². The Morgan fingerprint density at radius 3 is 3.33 bits per heavy atom. The van der Waals surface area contributed by atoms with Gasteiger partial charge in [-0.05, 0) is 6.08 Å². The van der Waals surface area contributed by atoms with E-state index < -0.39 is 6.09 Å². The standard InChI is InChI=1S/C10H12N2O3/c1-2-5-15-10(14)12-8-3-4-11-7(8)6-9(12)13/h2-3,7,11H,1,4-6H2. The summed E-state index contributed by atoms with van der Waals surface area (Å²) in [7, 11) is 0. The maximum absolute atomic E-state index is 11.5. The van der Waals surface area contributed by atoms with E-state index in [0.29, 0.717) is 18.7 Å². The molecule has 0 saturated carbocycles. The van der Waals surface area contributed by atoms with Crippen LogP contribution in [0.4, 0.5) is 4.79 Å². The van der Waals surface area contributed by atoms with Crippen molar-refractivity contribution in [2.75, 3.05) is 13.2 Å². The number of imide groups is 1. The summed E-state index contributed by atoms with van der Waals surface area (Å²) >= 11 is 0. The number of likely N-dealkylation sites (tertiary alicyclic amines) is 1. The summed E-state index contributed by atoms with van der Waals surface area (Å²) in [4.78, 5) is 24.1.